The van der Waals surface area contributed by atoms with Gasteiger partial charge in [0.05, 0.1) is 5.69 Å². The number of rotatable bonds is 7. The van der Waals surface area contributed by atoms with E-state index < -0.39 is 0 Å². The molecule has 2 unspecified atom stereocenters. The maximum atomic E-state index is 2.43. The first-order valence-electron chi connectivity index (χ1n) is 19.8. The highest BCUT2D eigenvalue weighted by molar-refractivity contribution is 6.04. The molecule has 0 N–H and O–H groups in total. The fourth-order valence-corrected chi connectivity index (χ4v) is 9.48. The van der Waals surface area contributed by atoms with E-state index in [2.05, 4.69) is 231 Å². The molecule has 0 fully saturated rings. The van der Waals surface area contributed by atoms with E-state index in [0.717, 1.165) is 17.1 Å². The van der Waals surface area contributed by atoms with Gasteiger partial charge in [-0.25, -0.2) is 0 Å². The summed E-state index contributed by atoms with van der Waals surface area (Å²) in [7, 11) is 0. The highest BCUT2D eigenvalue weighted by atomic mass is 15.1. The molecule has 56 heavy (non-hydrogen) atoms. The topological polar surface area (TPSA) is 3.24 Å². The van der Waals surface area contributed by atoms with Crippen LogP contribution in [0.15, 0.2) is 212 Å². The highest BCUT2D eigenvalue weighted by Gasteiger charge is 2.45. The van der Waals surface area contributed by atoms with Gasteiger partial charge in [-0.2, -0.15) is 0 Å². The zero-order valence-corrected chi connectivity index (χ0v) is 31.8. The largest absolute Gasteiger partial charge is 0.310 e. The molecule has 8 aromatic carbocycles. The summed E-state index contributed by atoms with van der Waals surface area (Å²) in [5, 5.41) is 2.49. The molecule has 2 aliphatic rings. The van der Waals surface area contributed by atoms with Gasteiger partial charge in [0.15, 0.2) is 0 Å². The van der Waals surface area contributed by atoms with Gasteiger partial charge >= 0.3 is 0 Å². The molecule has 0 bridgehead atoms. The van der Waals surface area contributed by atoms with E-state index in [1.165, 1.54) is 66.4 Å². The van der Waals surface area contributed by atoms with E-state index in [0.29, 0.717) is 11.8 Å². The SMILES string of the molecule is CC1(C)c2cccc(-c3ccc(N(c4cccc(-c5ccc6ccccc6c5-c5ccccc5)c4)c4ccccc4-c4ccccc4)cc3)c2C2C=CC=CC21. The smallest absolute Gasteiger partial charge is 0.0540 e. The Hall–Kier alpha value is -6.70. The van der Waals surface area contributed by atoms with E-state index in [-0.39, 0.29) is 5.41 Å². The predicted octanol–water partition coefficient (Wildman–Crippen LogP) is 15.1. The molecular weight excluding hydrogens is 675 g/mol. The average Bonchev–Trinajstić information content (AvgIpc) is 3.50. The summed E-state index contributed by atoms with van der Waals surface area (Å²) in [6.07, 6.45) is 9.27. The molecule has 0 saturated carbocycles. The Labute approximate surface area is 330 Å². The molecule has 10 rings (SSSR count). The number of allylic oxidation sites excluding steroid dienone is 4. The minimum atomic E-state index is 0.0750. The summed E-state index contributed by atoms with van der Waals surface area (Å²) in [5.74, 6) is 0.846. The predicted molar refractivity (Wildman–Crippen MR) is 238 cm³/mol. The number of para-hydroxylation sites is 1. The minimum Gasteiger partial charge on any atom is -0.310 e. The Morgan fingerprint density at radius 3 is 1.91 bits per heavy atom. The zero-order chi connectivity index (χ0) is 37.6. The Balaban J connectivity index is 1.13. The quantitative estimate of drug-likeness (QED) is 0.159. The van der Waals surface area contributed by atoms with Gasteiger partial charge in [0.25, 0.3) is 0 Å². The fraction of sp³-hybridized carbons (Fsp3) is 0.0909. The number of hydrogen-bond donors (Lipinski definition) is 0. The monoisotopic (exact) mass is 717 g/mol. The van der Waals surface area contributed by atoms with Crippen LogP contribution in [0.5, 0.6) is 0 Å². The van der Waals surface area contributed by atoms with Crippen molar-refractivity contribution < 1.29 is 0 Å². The van der Waals surface area contributed by atoms with Crippen molar-refractivity contribution in [2.75, 3.05) is 4.90 Å². The second-order valence-electron chi connectivity index (χ2n) is 15.7. The molecule has 0 aromatic heterocycles. The first kappa shape index (κ1) is 33.8. The van der Waals surface area contributed by atoms with Crippen molar-refractivity contribution in [2.45, 2.75) is 25.2 Å². The van der Waals surface area contributed by atoms with Crippen LogP contribution in [0.4, 0.5) is 17.1 Å². The second-order valence-corrected chi connectivity index (χ2v) is 15.7. The Morgan fingerprint density at radius 1 is 0.446 bits per heavy atom. The summed E-state index contributed by atoms with van der Waals surface area (Å²) in [5.41, 5.74) is 16.2. The first-order chi connectivity index (χ1) is 27.6. The summed E-state index contributed by atoms with van der Waals surface area (Å²) in [6, 6.07) is 68.9. The molecule has 0 aliphatic heterocycles. The van der Waals surface area contributed by atoms with Gasteiger partial charge in [-0.05, 0) is 103 Å². The molecule has 268 valence electrons. The van der Waals surface area contributed by atoms with Crippen molar-refractivity contribution in [3.63, 3.8) is 0 Å². The summed E-state index contributed by atoms with van der Waals surface area (Å²) in [4.78, 5) is 2.43. The van der Waals surface area contributed by atoms with E-state index in [9.17, 15) is 0 Å². The van der Waals surface area contributed by atoms with Crippen LogP contribution >= 0.6 is 0 Å². The third kappa shape index (κ3) is 5.71. The highest BCUT2D eigenvalue weighted by Crippen LogP contribution is 2.55. The standard InChI is InChI=1S/C55H43N/c1-55(2)50-28-13-11-26-49(50)54-47(27-16-29-51(54)55)40-31-34-43(35-32-40)56(52-30-14-12-24-45(52)38-17-5-3-6-18-38)44-23-15-22-42(37-44)48-36-33-39-19-9-10-25-46(39)53(48)41-20-7-4-8-21-41/h3-37,49-50H,1-2H3. The summed E-state index contributed by atoms with van der Waals surface area (Å²) >= 11 is 0. The van der Waals surface area contributed by atoms with Crippen LogP contribution in [-0.2, 0) is 5.41 Å². The van der Waals surface area contributed by atoms with E-state index >= 15 is 0 Å². The lowest BCUT2D eigenvalue weighted by molar-refractivity contribution is 0.394. The van der Waals surface area contributed by atoms with Gasteiger partial charge in [-0.15, -0.1) is 0 Å². The lowest BCUT2D eigenvalue weighted by atomic mass is 9.74. The molecule has 0 spiro atoms. The van der Waals surface area contributed by atoms with Crippen LogP contribution in [0.3, 0.4) is 0 Å². The average molecular weight is 718 g/mol. The van der Waals surface area contributed by atoms with Crippen LogP contribution in [0.25, 0.3) is 55.3 Å². The summed E-state index contributed by atoms with van der Waals surface area (Å²) < 4.78 is 0. The van der Waals surface area contributed by atoms with Crippen LogP contribution in [0.2, 0.25) is 0 Å². The molecule has 0 amide bonds. The zero-order valence-electron chi connectivity index (χ0n) is 31.8. The summed E-state index contributed by atoms with van der Waals surface area (Å²) in [6.45, 7) is 4.81. The van der Waals surface area contributed by atoms with Crippen molar-refractivity contribution in [3.05, 3.63) is 223 Å². The van der Waals surface area contributed by atoms with Gasteiger partial charge in [-0.3, -0.25) is 0 Å². The van der Waals surface area contributed by atoms with Crippen molar-refractivity contribution in [3.8, 4) is 44.5 Å². The molecule has 0 radical (unpaired) electrons. The third-order valence-corrected chi connectivity index (χ3v) is 12.2. The van der Waals surface area contributed by atoms with Crippen LogP contribution in [0.1, 0.15) is 30.9 Å². The normalized spacial score (nSPS) is 16.4. The minimum absolute atomic E-state index is 0.0750. The second kappa shape index (κ2) is 13.9. The molecule has 0 saturated heterocycles. The Kier molecular flexibility index (Phi) is 8.37. The van der Waals surface area contributed by atoms with Crippen LogP contribution in [-0.4, -0.2) is 0 Å². The van der Waals surface area contributed by atoms with Gasteiger partial charge in [0.1, 0.15) is 0 Å². The molecule has 0 heterocycles. The lowest BCUT2D eigenvalue weighted by Crippen LogP contribution is -2.24. The van der Waals surface area contributed by atoms with Gasteiger partial charge < -0.3 is 4.90 Å². The molecular formula is C55H43N. The lowest BCUT2D eigenvalue weighted by Gasteiger charge is -2.29. The van der Waals surface area contributed by atoms with Gasteiger partial charge in [0, 0.05) is 22.9 Å². The van der Waals surface area contributed by atoms with E-state index in [1.54, 1.807) is 0 Å². The molecule has 1 nitrogen and oxygen atoms in total. The maximum absolute atomic E-state index is 2.43. The number of benzene rings is 8. The molecule has 1 heteroatoms. The maximum Gasteiger partial charge on any atom is 0.0540 e. The number of hydrogen-bond acceptors (Lipinski definition) is 1. The van der Waals surface area contributed by atoms with Crippen molar-refractivity contribution >= 4 is 27.8 Å². The first-order valence-corrected chi connectivity index (χ1v) is 19.8. The number of fused-ring (bicyclic) bond motifs is 4. The molecule has 8 aromatic rings. The number of nitrogens with zero attached hydrogens (tertiary/aromatic N) is 1. The van der Waals surface area contributed by atoms with Crippen molar-refractivity contribution in [2.24, 2.45) is 5.92 Å². The Bertz CT molecular complexity index is 2770. The van der Waals surface area contributed by atoms with Crippen molar-refractivity contribution in [1.82, 2.24) is 0 Å². The molecule has 2 aliphatic carbocycles. The van der Waals surface area contributed by atoms with Crippen LogP contribution in [0, 0.1) is 5.92 Å². The van der Waals surface area contributed by atoms with Gasteiger partial charge in [0.2, 0.25) is 0 Å². The van der Waals surface area contributed by atoms with Crippen molar-refractivity contribution in [1.29, 1.82) is 0 Å². The van der Waals surface area contributed by atoms with E-state index in [1.807, 2.05) is 0 Å². The van der Waals surface area contributed by atoms with E-state index in [4.69, 9.17) is 0 Å². The number of anilines is 3. The van der Waals surface area contributed by atoms with Gasteiger partial charge in [-0.1, -0.05) is 196 Å². The Morgan fingerprint density at radius 2 is 1.09 bits per heavy atom. The van der Waals surface area contributed by atoms with Crippen LogP contribution < -0.4 is 4.90 Å². The fourth-order valence-electron chi connectivity index (χ4n) is 9.48. The molecule has 2 atom stereocenters. The third-order valence-electron chi connectivity index (χ3n) is 12.2.